The molecule has 0 fully saturated rings. The van der Waals surface area contributed by atoms with Crippen LogP contribution >= 0.6 is 11.3 Å². The van der Waals surface area contributed by atoms with Gasteiger partial charge in [-0.2, -0.15) is 0 Å². The highest BCUT2D eigenvalue weighted by Crippen LogP contribution is 2.29. The quantitative estimate of drug-likeness (QED) is 0.332. The zero-order valence-electron chi connectivity index (χ0n) is 17.3. The van der Waals surface area contributed by atoms with E-state index >= 15 is 0 Å². The topological polar surface area (TPSA) is 79.3 Å². The monoisotopic (exact) mass is 430 g/mol. The number of fused-ring (bicyclic) bond motifs is 1. The van der Waals surface area contributed by atoms with Gasteiger partial charge in [-0.15, -0.1) is 0 Å². The largest absolute Gasteiger partial charge is 0.481 e. The molecule has 0 atom stereocenters. The molecule has 6 heteroatoms. The molecule has 156 valence electrons. The van der Waals surface area contributed by atoms with Crippen molar-refractivity contribution >= 4 is 44.1 Å². The molecular formula is C25H22N2O3S. The lowest BCUT2D eigenvalue weighted by molar-refractivity contribution is -0.146. The fourth-order valence-corrected chi connectivity index (χ4v) is 4.11. The van der Waals surface area contributed by atoms with Gasteiger partial charge in [0.1, 0.15) is 0 Å². The van der Waals surface area contributed by atoms with Crippen molar-refractivity contribution in [1.82, 2.24) is 4.98 Å². The van der Waals surface area contributed by atoms with Gasteiger partial charge in [-0.1, -0.05) is 59.9 Å². The van der Waals surface area contributed by atoms with E-state index in [1.54, 1.807) is 37.3 Å². The molecule has 0 unspecified atom stereocenters. The van der Waals surface area contributed by atoms with E-state index in [1.807, 2.05) is 54.6 Å². The zero-order chi connectivity index (χ0) is 22.0. The van der Waals surface area contributed by atoms with E-state index in [1.165, 1.54) is 0 Å². The second kappa shape index (κ2) is 8.32. The minimum atomic E-state index is -1.08. The summed E-state index contributed by atoms with van der Waals surface area (Å²) < 4.78 is 1.14. The van der Waals surface area contributed by atoms with Crippen LogP contribution in [-0.2, 0) is 4.79 Å². The molecule has 0 saturated heterocycles. The smallest absolute Gasteiger partial charge is 0.309 e. The van der Waals surface area contributed by atoms with Crippen LogP contribution in [-0.4, -0.2) is 21.8 Å². The number of carboxylic acids is 1. The molecule has 2 N–H and O–H groups in total. The van der Waals surface area contributed by atoms with E-state index in [4.69, 9.17) is 0 Å². The zero-order valence-corrected chi connectivity index (χ0v) is 18.1. The van der Waals surface area contributed by atoms with Crippen molar-refractivity contribution in [2.24, 2.45) is 5.41 Å². The first-order chi connectivity index (χ1) is 14.8. The molecule has 0 amide bonds. The molecule has 4 rings (SSSR count). The first-order valence-corrected chi connectivity index (χ1v) is 10.7. The number of nitrogens with zero attached hydrogens (tertiary/aromatic N) is 1. The van der Waals surface area contributed by atoms with Crippen LogP contribution in [0, 0.1) is 5.41 Å². The van der Waals surface area contributed by atoms with Gasteiger partial charge in [0.2, 0.25) is 0 Å². The number of hydrogen-bond acceptors (Lipinski definition) is 5. The number of aromatic nitrogens is 1. The van der Waals surface area contributed by atoms with Crippen LogP contribution in [0.1, 0.15) is 30.6 Å². The summed E-state index contributed by atoms with van der Waals surface area (Å²) in [4.78, 5) is 28.3. The third-order valence-electron chi connectivity index (χ3n) is 5.15. The van der Waals surface area contributed by atoms with Gasteiger partial charge in [-0.3, -0.25) is 9.59 Å². The Morgan fingerprint density at radius 3 is 2.16 bits per heavy atom. The third-order valence-corrected chi connectivity index (χ3v) is 6.10. The van der Waals surface area contributed by atoms with Crippen LogP contribution in [0.5, 0.6) is 0 Å². The number of para-hydroxylation sites is 1. The van der Waals surface area contributed by atoms with Crippen molar-refractivity contribution in [2.75, 3.05) is 5.32 Å². The summed E-state index contributed by atoms with van der Waals surface area (Å²) in [5.74, 6) is -1.15. The van der Waals surface area contributed by atoms with Crippen molar-refractivity contribution in [3.8, 4) is 11.1 Å². The normalized spacial score (nSPS) is 11.4. The number of rotatable bonds is 7. The number of nitrogens with one attached hydrogen (secondary N) is 1. The number of anilines is 2. The summed E-state index contributed by atoms with van der Waals surface area (Å²) >= 11 is 1.61. The lowest BCUT2D eigenvalue weighted by Gasteiger charge is -2.17. The van der Waals surface area contributed by atoms with Crippen molar-refractivity contribution < 1.29 is 14.7 Å². The predicted octanol–water partition coefficient (Wildman–Crippen LogP) is 6.39. The maximum Gasteiger partial charge on any atom is 0.309 e. The summed E-state index contributed by atoms with van der Waals surface area (Å²) in [6.45, 7) is 3.12. The molecule has 0 aliphatic rings. The van der Waals surface area contributed by atoms with Crippen LogP contribution in [0.2, 0.25) is 0 Å². The van der Waals surface area contributed by atoms with Crippen LogP contribution in [0.4, 0.5) is 10.8 Å². The molecule has 0 aliphatic carbocycles. The molecule has 31 heavy (non-hydrogen) atoms. The second-order valence-electron chi connectivity index (χ2n) is 8.06. The van der Waals surface area contributed by atoms with Crippen LogP contribution in [0.3, 0.4) is 0 Å². The molecule has 3 aromatic carbocycles. The fourth-order valence-electron chi connectivity index (χ4n) is 3.22. The van der Waals surface area contributed by atoms with E-state index in [9.17, 15) is 14.7 Å². The lowest BCUT2D eigenvalue weighted by Crippen LogP contribution is -2.26. The lowest BCUT2D eigenvalue weighted by atomic mass is 9.85. The van der Waals surface area contributed by atoms with Crippen molar-refractivity contribution in [2.45, 2.75) is 20.3 Å². The van der Waals surface area contributed by atoms with Crippen LogP contribution in [0.25, 0.3) is 21.3 Å². The highest BCUT2D eigenvalue weighted by Gasteiger charge is 2.30. The number of carbonyl (C=O) groups excluding carboxylic acids is 1. The molecule has 5 nitrogen and oxygen atoms in total. The van der Waals surface area contributed by atoms with E-state index in [-0.39, 0.29) is 12.2 Å². The number of benzene rings is 3. The van der Waals surface area contributed by atoms with E-state index < -0.39 is 11.4 Å². The van der Waals surface area contributed by atoms with Gasteiger partial charge in [0.05, 0.1) is 15.6 Å². The maximum atomic E-state index is 12.4. The Morgan fingerprint density at radius 1 is 0.935 bits per heavy atom. The predicted molar refractivity (Wildman–Crippen MR) is 125 cm³/mol. The second-order valence-corrected chi connectivity index (χ2v) is 9.09. The minimum absolute atomic E-state index is 0.0339. The summed E-state index contributed by atoms with van der Waals surface area (Å²) in [5, 5.41) is 13.4. The standard InChI is InChI=1S/C25H22N2O3S/c1-25(2,23(29)30)15-21(28)18-9-7-16(8-10-18)17-11-13-19(14-12-17)26-24-27-20-5-3-4-6-22(20)31-24/h3-14H,15H2,1-2H3,(H,26,27)(H,29,30). The first-order valence-electron chi connectivity index (χ1n) is 9.91. The number of thiazole rings is 1. The fraction of sp³-hybridized carbons (Fsp3) is 0.160. The molecule has 0 radical (unpaired) electrons. The summed E-state index contributed by atoms with van der Waals surface area (Å²) in [7, 11) is 0. The number of hydrogen-bond donors (Lipinski definition) is 2. The first kappa shape index (κ1) is 20.8. The average Bonchev–Trinajstić information content (AvgIpc) is 3.16. The highest BCUT2D eigenvalue weighted by molar-refractivity contribution is 7.22. The van der Waals surface area contributed by atoms with Gasteiger partial charge in [-0.25, -0.2) is 4.98 Å². The number of Topliss-reactive ketones (excluding diaryl/α,β-unsaturated/α-hetero) is 1. The Labute approximate surface area is 184 Å². The van der Waals surface area contributed by atoms with Crippen molar-refractivity contribution in [3.05, 3.63) is 78.4 Å². The van der Waals surface area contributed by atoms with E-state index in [2.05, 4.69) is 16.4 Å². The average molecular weight is 431 g/mol. The summed E-state index contributed by atoms with van der Waals surface area (Å²) in [5.41, 5.74) is 3.38. The maximum absolute atomic E-state index is 12.4. The van der Waals surface area contributed by atoms with E-state index in [0.29, 0.717) is 5.56 Å². The van der Waals surface area contributed by atoms with Gasteiger partial charge >= 0.3 is 5.97 Å². The number of carboxylic acid groups (broad SMARTS) is 1. The molecule has 0 bridgehead atoms. The van der Waals surface area contributed by atoms with Crippen molar-refractivity contribution in [1.29, 1.82) is 0 Å². The molecule has 0 saturated carbocycles. The SMILES string of the molecule is CC(C)(CC(=O)c1ccc(-c2ccc(Nc3nc4ccccc4s3)cc2)cc1)C(=O)O. The van der Waals surface area contributed by atoms with Gasteiger partial charge < -0.3 is 10.4 Å². The molecular weight excluding hydrogens is 408 g/mol. The van der Waals surface area contributed by atoms with Gasteiger partial charge in [0.15, 0.2) is 10.9 Å². The Morgan fingerprint density at radius 2 is 1.55 bits per heavy atom. The highest BCUT2D eigenvalue weighted by atomic mass is 32.1. The van der Waals surface area contributed by atoms with Crippen LogP contribution < -0.4 is 5.32 Å². The summed E-state index contributed by atoms with van der Waals surface area (Å²) in [6.07, 6.45) is -0.0339. The Kier molecular flexibility index (Phi) is 5.57. The van der Waals surface area contributed by atoms with Gasteiger partial charge in [0, 0.05) is 17.7 Å². The molecule has 1 aromatic heterocycles. The third kappa shape index (κ3) is 4.64. The van der Waals surface area contributed by atoms with E-state index in [0.717, 1.165) is 32.2 Å². The Balaban J connectivity index is 1.45. The number of carbonyl (C=O) groups is 2. The Hall–Kier alpha value is -3.51. The van der Waals surface area contributed by atoms with Crippen molar-refractivity contribution in [3.63, 3.8) is 0 Å². The van der Waals surface area contributed by atoms with Gasteiger partial charge in [0.25, 0.3) is 0 Å². The number of aliphatic carboxylic acids is 1. The van der Waals surface area contributed by atoms with Gasteiger partial charge in [-0.05, 0) is 49.2 Å². The molecule has 4 aromatic rings. The molecule has 0 aliphatic heterocycles. The van der Waals surface area contributed by atoms with Crippen LogP contribution in [0.15, 0.2) is 72.8 Å². The molecule has 1 heterocycles. The Bertz CT molecular complexity index is 1210. The number of ketones is 1. The molecule has 0 spiro atoms. The summed E-state index contributed by atoms with van der Waals surface area (Å²) in [6, 6.07) is 23.3. The minimum Gasteiger partial charge on any atom is -0.481 e.